The second-order valence-electron chi connectivity index (χ2n) is 7.86. The lowest BCUT2D eigenvalue weighted by Crippen LogP contribution is -2.18. The van der Waals surface area contributed by atoms with E-state index in [-0.39, 0.29) is 44.1 Å². The molecular weight excluding hydrogens is 598 g/mol. The summed E-state index contributed by atoms with van der Waals surface area (Å²) in [4.78, 5) is 29.7. The Kier molecular flexibility index (Phi) is 8.78. The van der Waals surface area contributed by atoms with Gasteiger partial charge in [0.15, 0.2) is 15.5 Å². The Morgan fingerprint density at radius 2 is 1.76 bits per heavy atom. The van der Waals surface area contributed by atoms with Gasteiger partial charge in [0.2, 0.25) is 11.7 Å². The maximum atomic E-state index is 13.5. The van der Waals surface area contributed by atoms with Gasteiger partial charge in [0.25, 0.3) is 0 Å². The molecule has 0 amide bonds. The van der Waals surface area contributed by atoms with Crippen LogP contribution in [0, 0.1) is 6.92 Å². The number of aromatic nitrogens is 3. The van der Waals surface area contributed by atoms with Gasteiger partial charge in [-0.2, -0.15) is 18.3 Å². The summed E-state index contributed by atoms with van der Waals surface area (Å²) in [5.74, 6) is -2.24. The molecule has 3 rings (SSSR count). The summed E-state index contributed by atoms with van der Waals surface area (Å²) in [6.07, 6.45) is -3.86. The van der Waals surface area contributed by atoms with Crippen LogP contribution < -0.4 is 4.74 Å². The Hall–Kier alpha value is -2.71. The highest BCUT2D eigenvalue weighted by molar-refractivity contribution is 7.90. The van der Waals surface area contributed by atoms with Crippen molar-refractivity contribution in [2.75, 3.05) is 12.9 Å². The molecule has 0 saturated carbocycles. The van der Waals surface area contributed by atoms with Crippen molar-refractivity contribution in [2.45, 2.75) is 24.6 Å². The van der Waals surface area contributed by atoms with Gasteiger partial charge in [0, 0.05) is 24.4 Å². The number of rotatable bonds is 8. The predicted octanol–water partition coefficient (Wildman–Crippen LogP) is 5.02. The summed E-state index contributed by atoms with van der Waals surface area (Å²) >= 11 is 18.2. The quantitative estimate of drug-likeness (QED) is 0.197. The highest BCUT2D eigenvalue weighted by Crippen LogP contribution is 2.34. The number of esters is 1. The molecule has 0 atom stereocenters. The Morgan fingerprint density at radius 1 is 1.11 bits per heavy atom. The lowest BCUT2D eigenvalue weighted by Gasteiger charge is -2.15. The van der Waals surface area contributed by atoms with Gasteiger partial charge in [0.1, 0.15) is 17.3 Å². The molecule has 0 aliphatic heterocycles. The molecule has 38 heavy (non-hydrogen) atoms. The van der Waals surface area contributed by atoms with E-state index in [0.29, 0.717) is 0 Å². The van der Waals surface area contributed by atoms with Crippen molar-refractivity contribution in [3.63, 3.8) is 0 Å². The van der Waals surface area contributed by atoms with Gasteiger partial charge < -0.3 is 9.47 Å². The SMILES string of the molecule is Cc1nn(C)c(OC(=O)c2nc(Cl)ccc2Cl)c1C(=O)c1ccc(S(C)(=O)=O)c(COCC(F)(F)F)c1Cl. The van der Waals surface area contributed by atoms with E-state index < -0.39 is 50.9 Å². The fourth-order valence-corrected chi connectivity index (χ4v) is 4.99. The average Bonchev–Trinajstić information content (AvgIpc) is 3.06. The molecule has 0 N–H and O–H groups in total. The van der Waals surface area contributed by atoms with Crippen molar-refractivity contribution in [1.29, 1.82) is 0 Å². The molecular formula is C22H17Cl3F3N3O6S. The molecule has 204 valence electrons. The molecule has 0 radical (unpaired) electrons. The second kappa shape index (κ2) is 11.2. The number of hydrogen-bond acceptors (Lipinski definition) is 8. The number of aryl methyl sites for hydroxylation is 2. The van der Waals surface area contributed by atoms with Gasteiger partial charge >= 0.3 is 12.1 Å². The molecule has 0 unspecified atom stereocenters. The van der Waals surface area contributed by atoms with E-state index in [1.54, 1.807) is 0 Å². The van der Waals surface area contributed by atoms with Crippen molar-refractivity contribution in [3.8, 4) is 5.88 Å². The summed E-state index contributed by atoms with van der Waals surface area (Å²) in [5.41, 5.74) is -1.11. The number of pyridine rings is 1. The number of hydrogen-bond donors (Lipinski definition) is 0. The summed E-state index contributed by atoms with van der Waals surface area (Å²) in [5, 5.41) is 3.50. The molecule has 0 fully saturated rings. The normalized spacial score (nSPS) is 12.0. The highest BCUT2D eigenvalue weighted by Gasteiger charge is 2.31. The molecule has 2 heterocycles. The van der Waals surface area contributed by atoms with Crippen LogP contribution in [0.2, 0.25) is 15.2 Å². The second-order valence-corrected chi connectivity index (χ2v) is 11.0. The molecule has 0 bridgehead atoms. The van der Waals surface area contributed by atoms with E-state index in [1.807, 2.05) is 0 Å². The Labute approximate surface area is 229 Å². The van der Waals surface area contributed by atoms with Crippen LogP contribution in [-0.4, -0.2) is 54.0 Å². The minimum atomic E-state index is -4.68. The summed E-state index contributed by atoms with van der Waals surface area (Å²) in [7, 11) is -2.59. The Balaban J connectivity index is 2.06. The number of nitrogens with zero attached hydrogens (tertiary/aromatic N) is 3. The number of sulfone groups is 1. The molecule has 2 aromatic heterocycles. The van der Waals surface area contributed by atoms with E-state index in [9.17, 15) is 31.2 Å². The van der Waals surface area contributed by atoms with Gasteiger partial charge in [-0.05, 0) is 31.2 Å². The number of ketones is 1. The lowest BCUT2D eigenvalue weighted by molar-refractivity contribution is -0.176. The molecule has 1 aromatic carbocycles. The van der Waals surface area contributed by atoms with Gasteiger partial charge in [-0.1, -0.05) is 34.8 Å². The maximum absolute atomic E-state index is 13.5. The van der Waals surface area contributed by atoms with Crippen molar-refractivity contribution in [1.82, 2.24) is 14.8 Å². The third kappa shape index (κ3) is 6.64. The van der Waals surface area contributed by atoms with E-state index in [4.69, 9.17) is 39.5 Å². The summed E-state index contributed by atoms with van der Waals surface area (Å²) < 4.78 is 73.3. The van der Waals surface area contributed by atoms with E-state index in [1.165, 1.54) is 26.1 Å². The fourth-order valence-electron chi connectivity index (χ4n) is 3.38. The Morgan fingerprint density at radius 3 is 2.37 bits per heavy atom. The average molecular weight is 615 g/mol. The highest BCUT2D eigenvalue weighted by atomic mass is 35.5. The van der Waals surface area contributed by atoms with E-state index >= 15 is 0 Å². The van der Waals surface area contributed by atoms with Gasteiger partial charge in [-0.3, -0.25) is 4.79 Å². The zero-order chi connectivity index (χ0) is 28.6. The largest absolute Gasteiger partial charge is 0.411 e. The van der Waals surface area contributed by atoms with Gasteiger partial charge in [-0.25, -0.2) is 22.9 Å². The van der Waals surface area contributed by atoms with E-state index in [0.717, 1.165) is 23.1 Å². The molecule has 0 aliphatic carbocycles. The van der Waals surface area contributed by atoms with Crippen molar-refractivity contribution in [2.24, 2.45) is 7.05 Å². The lowest BCUT2D eigenvalue weighted by atomic mass is 10.0. The third-order valence-corrected chi connectivity index (χ3v) is 7.08. The summed E-state index contributed by atoms with van der Waals surface area (Å²) in [6.45, 7) is -1.09. The molecule has 9 nitrogen and oxygen atoms in total. The van der Waals surface area contributed by atoms with Crippen LogP contribution in [0.25, 0.3) is 0 Å². The first kappa shape index (κ1) is 29.8. The van der Waals surface area contributed by atoms with E-state index in [2.05, 4.69) is 14.8 Å². The zero-order valence-electron chi connectivity index (χ0n) is 19.7. The number of alkyl halides is 3. The number of benzene rings is 1. The van der Waals surface area contributed by atoms with Crippen LogP contribution in [0.1, 0.15) is 37.7 Å². The molecule has 3 aromatic rings. The van der Waals surface area contributed by atoms with Crippen LogP contribution >= 0.6 is 34.8 Å². The maximum Gasteiger partial charge on any atom is 0.411 e. The smallest absolute Gasteiger partial charge is 0.402 e. The molecule has 16 heteroatoms. The molecule has 0 aliphatic rings. The van der Waals surface area contributed by atoms with Crippen LogP contribution in [0.5, 0.6) is 5.88 Å². The first-order chi connectivity index (χ1) is 17.5. The van der Waals surface area contributed by atoms with Crippen molar-refractivity contribution in [3.05, 3.63) is 67.5 Å². The van der Waals surface area contributed by atoms with Crippen LogP contribution in [0.4, 0.5) is 13.2 Å². The van der Waals surface area contributed by atoms with Gasteiger partial charge in [-0.15, -0.1) is 0 Å². The minimum absolute atomic E-state index is 0.0446. The van der Waals surface area contributed by atoms with Crippen LogP contribution in [0.3, 0.4) is 0 Å². The number of halogens is 6. The molecule has 0 spiro atoms. The van der Waals surface area contributed by atoms with Crippen molar-refractivity contribution < 1.29 is 40.7 Å². The fraction of sp³-hybridized carbons (Fsp3) is 0.273. The first-order valence-electron chi connectivity index (χ1n) is 10.3. The van der Waals surface area contributed by atoms with Crippen LogP contribution in [0.15, 0.2) is 29.2 Å². The first-order valence-corrected chi connectivity index (χ1v) is 13.3. The molecule has 0 saturated heterocycles. The standard InChI is InChI=1S/C22H17Cl3F3N3O6S/c1-10-16(20(31(2)30-10)37-21(33)18-13(23)5-7-15(24)29-18)19(32)11-4-6-14(38(3,34)35)12(17(11)25)8-36-9-22(26,27)28/h4-7H,8-9H2,1-3H3. The zero-order valence-corrected chi connectivity index (χ0v) is 22.8. The Bertz CT molecular complexity index is 1540. The third-order valence-electron chi connectivity index (χ3n) is 4.95. The predicted molar refractivity (Wildman–Crippen MR) is 131 cm³/mol. The van der Waals surface area contributed by atoms with Crippen LogP contribution in [-0.2, 0) is 28.2 Å². The number of carbonyl (C=O) groups excluding carboxylic acids is 2. The minimum Gasteiger partial charge on any atom is -0.402 e. The number of carbonyl (C=O) groups is 2. The summed E-state index contributed by atoms with van der Waals surface area (Å²) in [6, 6.07) is 4.77. The van der Waals surface area contributed by atoms with Crippen molar-refractivity contribution >= 4 is 56.4 Å². The topological polar surface area (TPSA) is 117 Å². The number of ether oxygens (including phenoxy) is 2. The van der Waals surface area contributed by atoms with Gasteiger partial charge in [0.05, 0.1) is 27.2 Å². The monoisotopic (exact) mass is 613 g/mol.